The number of hydrogen-bond acceptors (Lipinski definition) is 6. The van der Waals surface area contributed by atoms with E-state index in [2.05, 4.69) is 27.0 Å². The van der Waals surface area contributed by atoms with E-state index in [-0.39, 0.29) is 0 Å². The molecule has 0 fully saturated rings. The van der Waals surface area contributed by atoms with Gasteiger partial charge in [-0.2, -0.15) is 5.10 Å². The molecule has 0 saturated heterocycles. The fourth-order valence-corrected chi connectivity index (χ4v) is 5.03. The fourth-order valence-electron chi connectivity index (χ4n) is 3.82. The summed E-state index contributed by atoms with van der Waals surface area (Å²) in [6, 6.07) is 19.4. The summed E-state index contributed by atoms with van der Waals surface area (Å²) >= 11 is 5.05. The van der Waals surface area contributed by atoms with Crippen molar-refractivity contribution in [1.29, 1.82) is 0 Å². The molecular weight excluding hydrogens is 540 g/mol. The van der Waals surface area contributed by atoms with Gasteiger partial charge < -0.3 is 19.2 Å². The summed E-state index contributed by atoms with van der Waals surface area (Å²) in [7, 11) is 4.93. The van der Waals surface area contributed by atoms with Crippen LogP contribution in [0.2, 0.25) is 0 Å². The molecule has 36 heavy (non-hydrogen) atoms. The quantitative estimate of drug-likeness (QED) is 0.227. The van der Waals surface area contributed by atoms with Gasteiger partial charge in [0, 0.05) is 44.1 Å². The van der Waals surface area contributed by atoms with Gasteiger partial charge in [-0.1, -0.05) is 22.0 Å². The second-order valence-corrected chi connectivity index (χ2v) is 9.53. The lowest BCUT2D eigenvalue weighted by Gasteiger charge is -2.11. The summed E-state index contributed by atoms with van der Waals surface area (Å²) in [5.41, 5.74) is 4.43. The number of fused-ring (bicyclic) bond motifs is 1. The van der Waals surface area contributed by atoms with Gasteiger partial charge in [0.1, 0.15) is 17.2 Å². The molecule has 2 aromatic heterocycles. The lowest BCUT2D eigenvalue weighted by molar-refractivity contribution is 0.404. The Morgan fingerprint density at radius 2 is 1.78 bits per heavy atom. The maximum Gasteiger partial charge on any atom is 0.211 e. The van der Waals surface area contributed by atoms with Crippen LogP contribution in [0.15, 0.2) is 86.8 Å². The molecule has 182 valence electrons. The van der Waals surface area contributed by atoms with Gasteiger partial charge in [0.2, 0.25) is 4.80 Å². The highest BCUT2D eigenvalue weighted by Gasteiger charge is 2.14. The Bertz CT molecular complexity index is 1630. The summed E-state index contributed by atoms with van der Waals surface area (Å²) in [4.78, 5) is 8.87. The average Bonchev–Trinajstić information content (AvgIpc) is 3.50. The predicted octanol–water partition coefficient (Wildman–Crippen LogP) is 6.60. The number of thiazole rings is 1. The minimum absolute atomic E-state index is 0.695. The van der Waals surface area contributed by atoms with Crippen LogP contribution >= 0.6 is 27.3 Å². The van der Waals surface area contributed by atoms with Crippen LogP contribution in [0.1, 0.15) is 5.56 Å². The topological polar surface area (TPSA) is 73.1 Å². The number of halogens is 1. The number of ether oxygens (including phenoxy) is 3. The van der Waals surface area contributed by atoms with Gasteiger partial charge in [-0.25, -0.2) is 9.67 Å². The van der Waals surface area contributed by atoms with Crippen LogP contribution in [-0.2, 0) is 0 Å². The predicted molar refractivity (Wildman–Crippen MR) is 148 cm³/mol. The van der Waals surface area contributed by atoms with Gasteiger partial charge in [0.25, 0.3) is 0 Å². The van der Waals surface area contributed by atoms with E-state index < -0.39 is 0 Å². The van der Waals surface area contributed by atoms with Crippen LogP contribution in [0.25, 0.3) is 22.2 Å². The molecular formula is C27H23BrN4O3S. The minimum atomic E-state index is 0.695. The van der Waals surface area contributed by atoms with Crippen molar-refractivity contribution < 1.29 is 14.2 Å². The molecule has 5 aromatic rings. The van der Waals surface area contributed by atoms with Crippen LogP contribution in [0.3, 0.4) is 0 Å². The van der Waals surface area contributed by atoms with Crippen molar-refractivity contribution in [3.8, 4) is 28.5 Å². The number of nitrogens with zero attached hydrogens (tertiary/aromatic N) is 3. The van der Waals surface area contributed by atoms with Crippen LogP contribution in [0, 0.1) is 0 Å². The normalized spacial score (nSPS) is 11.9. The zero-order chi connectivity index (χ0) is 25.1. The minimum Gasteiger partial charge on any atom is -0.497 e. The molecule has 1 N–H and O–H groups in total. The van der Waals surface area contributed by atoms with Crippen molar-refractivity contribution in [1.82, 2.24) is 9.66 Å². The summed E-state index contributed by atoms with van der Waals surface area (Å²) in [5, 5.41) is 7.96. The standard InChI is InChI=1S/C27H23BrN4O3S/c1-33-20-6-4-5-19(12-20)31-27-32(30-15-17-14-29-24-9-7-18(28)11-22(17)24)25(16-36-27)23-13-21(34-2)8-10-26(23)35-3/h4-16,29H,1-3H3. The van der Waals surface area contributed by atoms with Crippen molar-refractivity contribution in [2.24, 2.45) is 10.1 Å². The highest BCUT2D eigenvalue weighted by molar-refractivity contribution is 9.10. The van der Waals surface area contributed by atoms with Crippen molar-refractivity contribution in [2.45, 2.75) is 0 Å². The van der Waals surface area contributed by atoms with E-state index in [4.69, 9.17) is 24.3 Å². The van der Waals surface area contributed by atoms with Gasteiger partial charge >= 0.3 is 0 Å². The first-order chi connectivity index (χ1) is 17.6. The Morgan fingerprint density at radius 1 is 0.944 bits per heavy atom. The molecule has 0 bridgehead atoms. The highest BCUT2D eigenvalue weighted by Crippen LogP contribution is 2.34. The second-order valence-electron chi connectivity index (χ2n) is 7.77. The van der Waals surface area contributed by atoms with Crippen LogP contribution in [0.4, 0.5) is 5.69 Å². The Morgan fingerprint density at radius 3 is 2.58 bits per heavy atom. The van der Waals surface area contributed by atoms with Crippen LogP contribution < -0.4 is 19.0 Å². The monoisotopic (exact) mass is 562 g/mol. The molecule has 0 spiro atoms. The third-order valence-electron chi connectivity index (χ3n) is 5.63. The Labute approximate surface area is 220 Å². The van der Waals surface area contributed by atoms with Crippen molar-refractivity contribution in [2.75, 3.05) is 21.3 Å². The number of nitrogens with one attached hydrogen (secondary N) is 1. The summed E-state index contributed by atoms with van der Waals surface area (Å²) < 4.78 is 19.3. The second kappa shape index (κ2) is 10.4. The summed E-state index contributed by atoms with van der Waals surface area (Å²) in [5.74, 6) is 2.17. The van der Waals surface area contributed by atoms with Crippen molar-refractivity contribution in [3.05, 3.63) is 87.1 Å². The number of aromatic nitrogens is 2. The van der Waals surface area contributed by atoms with Gasteiger partial charge in [0.05, 0.1) is 38.9 Å². The molecule has 7 nitrogen and oxygen atoms in total. The first-order valence-electron chi connectivity index (χ1n) is 11.0. The number of hydrogen-bond donors (Lipinski definition) is 1. The van der Waals surface area contributed by atoms with E-state index in [0.717, 1.165) is 49.4 Å². The number of benzene rings is 3. The smallest absolute Gasteiger partial charge is 0.211 e. The molecule has 5 rings (SSSR count). The third-order valence-corrected chi connectivity index (χ3v) is 6.94. The van der Waals surface area contributed by atoms with E-state index in [1.807, 2.05) is 77.1 Å². The number of rotatable bonds is 7. The molecule has 3 aromatic carbocycles. The van der Waals surface area contributed by atoms with Gasteiger partial charge in [-0.3, -0.25) is 0 Å². The molecule has 0 aliphatic carbocycles. The van der Waals surface area contributed by atoms with Gasteiger partial charge in [0.15, 0.2) is 0 Å². The first-order valence-corrected chi connectivity index (χ1v) is 12.7. The first kappa shape index (κ1) is 23.9. The molecule has 0 amide bonds. The molecule has 0 aliphatic heterocycles. The zero-order valence-corrected chi connectivity index (χ0v) is 22.3. The van der Waals surface area contributed by atoms with E-state index >= 15 is 0 Å². The van der Waals surface area contributed by atoms with Crippen molar-refractivity contribution >= 4 is 50.1 Å². The maximum atomic E-state index is 5.66. The molecule has 0 saturated carbocycles. The molecule has 0 unspecified atom stereocenters. The SMILES string of the molecule is COc1cccc(N=c2scc(-c3cc(OC)ccc3OC)n2N=Cc2c[nH]c3ccc(Br)cc23)c1. The zero-order valence-electron chi connectivity index (χ0n) is 19.9. The Balaban J connectivity index is 1.69. The molecule has 0 atom stereocenters. The molecule has 2 heterocycles. The van der Waals surface area contributed by atoms with Gasteiger partial charge in [-0.15, -0.1) is 11.3 Å². The maximum absolute atomic E-state index is 5.66. The van der Waals surface area contributed by atoms with E-state index in [9.17, 15) is 0 Å². The molecule has 9 heteroatoms. The fraction of sp³-hybridized carbons (Fsp3) is 0.111. The number of H-pyrrole nitrogens is 1. The lowest BCUT2D eigenvalue weighted by Crippen LogP contribution is -2.12. The Kier molecular flexibility index (Phi) is 6.92. The van der Waals surface area contributed by atoms with E-state index in [1.165, 1.54) is 11.3 Å². The highest BCUT2D eigenvalue weighted by atomic mass is 79.9. The number of methoxy groups -OCH3 is 3. The van der Waals surface area contributed by atoms with E-state index in [1.54, 1.807) is 21.3 Å². The van der Waals surface area contributed by atoms with Crippen LogP contribution in [0.5, 0.6) is 17.2 Å². The average molecular weight is 563 g/mol. The summed E-state index contributed by atoms with van der Waals surface area (Å²) in [6.45, 7) is 0. The molecule has 0 aliphatic rings. The van der Waals surface area contributed by atoms with Crippen molar-refractivity contribution in [3.63, 3.8) is 0 Å². The lowest BCUT2D eigenvalue weighted by atomic mass is 10.1. The number of aromatic amines is 1. The largest absolute Gasteiger partial charge is 0.497 e. The Hall–Kier alpha value is -3.82. The van der Waals surface area contributed by atoms with Gasteiger partial charge in [-0.05, 0) is 48.5 Å². The third kappa shape index (κ3) is 4.80. The molecule has 0 radical (unpaired) electrons. The van der Waals surface area contributed by atoms with Crippen LogP contribution in [-0.4, -0.2) is 37.2 Å². The van der Waals surface area contributed by atoms with E-state index in [0.29, 0.717) is 10.6 Å². The summed E-state index contributed by atoms with van der Waals surface area (Å²) in [6.07, 6.45) is 3.77.